The third-order valence-corrected chi connectivity index (χ3v) is 6.39. The van der Waals surface area contributed by atoms with Crippen molar-refractivity contribution in [2.75, 3.05) is 58.2 Å². The molecule has 0 bridgehead atoms. The van der Waals surface area contributed by atoms with Gasteiger partial charge in [-0.3, -0.25) is 5.32 Å². The number of carbonyl (C=O) groups excluding carboxylic acids is 1. The molecule has 0 aliphatic carbocycles. The molecule has 3 aromatic rings. The summed E-state index contributed by atoms with van der Waals surface area (Å²) < 4.78 is 21.5. The molecule has 1 aromatic carbocycles. The highest BCUT2D eigenvalue weighted by Crippen LogP contribution is 2.41. The molecule has 0 radical (unpaired) electrons. The van der Waals surface area contributed by atoms with Gasteiger partial charge in [-0.25, -0.2) is 19.7 Å². The first-order chi connectivity index (χ1) is 18.9. The van der Waals surface area contributed by atoms with Gasteiger partial charge in [0.15, 0.2) is 17.1 Å². The highest BCUT2D eigenvalue weighted by atomic mass is 35.5. The highest BCUT2D eigenvalue weighted by molar-refractivity contribution is 5.92. The van der Waals surface area contributed by atoms with Crippen LogP contribution >= 0.6 is 24.8 Å². The minimum absolute atomic E-state index is 0. The molecule has 228 valence electrons. The van der Waals surface area contributed by atoms with E-state index in [2.05, 4.69) is 41.3 Å². The van der Waals surface area contributed by atoms with Crippen LogP contribution in [0.2, 0.25) is 0 Å². The summed E-state index contributed by atoms with van der Waals surface area (Å²) >= 11 is 0. The van der Waals surface area contributed by atoms with Crippen molar-refractivity contribution in [3.05, 3.63) is 24.4 Å². The average molecular weight is 614 g/mol. The number of amides is 1. The number of halogens is 2. The Morgan fingerprint density at radius 1 is 0.976 bits per heavy atom. The third-order valence-electron chi connectivity index (χ3n) is 6.39. The minimum atomic E-state index is -0.587. The molecule has 0 aliphatic heterocycles. The summed E-state index contributed by atoms with van der Waals surface area (Å²) in [6, 6.07) is 5.52. The molecular weight excluding hydrogens is 571 g/mol. The van der Waals surface area contributed by atoms with Gasteiger partial charge >= 0.3 is 6.09 Å². The van der Waals surface area contributed by atoms with Crippen molar-refractivity contribution >= 4 is 53.6 Å². The fraction of sp³-hybridized carbons (Fsp3) is 0.500. The van der Waals surface area contributed by atoms with Gasteiger partial charge in [0, 0.05) is 17.7 Å². The number of hydrogen-bond acceptors (Lipinski definition) is 10. The highest BCUT2D eigenvalue weighted by Gasteiger charge is 2.18. The van der Waals surface area contributed by atoms with Crippen LogP contribution in [-0.4, -0.2) is 79.6 Å². The van der Waals surface area contributed by atoms with Gasteiger partial charge in [0.25, 0.3) is 0 Å². The zero-order valence-electron chi connectivity index (χ0n) is 24.8. The van der Waals surface area contributed by atoms with Crippen LogP contribution in [0.15, 0.2) is 24.4 Å². The lowest BCUT2D eigenvalue weighted by molar-refractivity contribution is 0.168. The molecule has 2 heterocycles. The van der Waals surface area contributed by atoms with Crippen LogP contribution in [0.1, 0.15) is 40.5 Å². The zero-order valence-corrected chi connectivity index (χ0v) is 26.4. The van der Waals surface area contributed by atoms with E-state index in [1.165, 1.54) is 0 Å². The van der Waals surface area contributed by atoms with Crippen molar-refractivity contribution in [2.45, 2.75) is 46.6 Å². The van der Waals surface area contributed by atoms with Crippen LogP contribution in [0.4, 0.5) is 16.3 Å². The van der Waals surface area contributed by atoms with E-state index in [0.717, 1.165) is 38.2 Å². The first kappa shape index (κ1) is 35.7. The number of carbonyl (C=O) groups is 1. The Kier molecular flexibility index (Phi) is 15.3. The number of hydrogen-bond donors (Lipinski definition) is 2. The van der Waals surface area contributed by atoms with Crippen molar-refractivity contribution in [1.29, 1.82) is 0 Å². The van der Waals surface area contributed by atoms with Crippen molar-refractivity contribution in [3.63, 3.8) is 0 Å². The lowest BCUT2D eigenvalue weighted by Gasteiger charge is -2.21. The quantitative estimate of drug-likeness (QED) is 0.222. The molecular formula is C28H42Cl2N6O5. The van der Waals surface area contributed by atoms with Crippen molar-refractivity contribution in [2.24, 2.45) is 0 Å². The second kappa shape index (κ2) is 17.5. The Labute approximate surface area is 254 Å². The molecule has 2 aromatic heterocycles. The van der Waals surface area contributed by atoms with Gasteiger partial charge in [-0.2, -0.15) is 0 Å². The van der Waals surface area contributed by atoms with Crippen LogP contribution < -0.4 is 24.8 Å². The van der Waals surface area contributed by atoms with Crippen molar-refractivity contribution < 1.29 is 23.7 Å². The fourth-order valence-corrected chi connectivity index (χ4v) is 4.31. The maximum absolute atomic E-state index is 12.2. The lowest BCUT2D eigenvalue weighted by atomic mass is 10.1. The molecule has 41 heavy (non-hydrogen) atoms. The maximum atomic E-state index is 12.2. The van der Waals surface area contributed by atoms with E-state index in [-0.39, 0.29) is 37.5 Å². The van der Waals surface area contributed by atoms with Gasteiger partial charge in [0.1, 0.15) is 11.3 Å². The fourth-order valence-electron chi connectivity index (χ4n) is 4.31. The molecule has 13 heteroatoms. The van der Waals surface area contributed by atoms with E-state index in [1.807, 2.05) is 0 Å². The van der Waals surface area contributed by atoms with E-state index in [1.54, 1.807) is 52.6 Å². The van der Waals surface area contributed by atoms with Gasteiger partial charge in [0.05, 0.1) is 45.5 Å². The van der Waals surface area contributed by atoms with Gasteiger partial charge in [-0.05, 0) is 58.5 Å². The topological polar surface area (TPSA) is 120 Å². The summed E-state index contributed by atoms with van der Waals surface area (Å²) in [5.74, 6) is 1.80. The zero-order chi connectivity index (χ0) is 28.4. The molecule has 0 fully saturated rings. The number of anilines is 2. The Morgan fingerprint density at radius 3 is 2.20 bits per heavy atom. The van der Waals surface area contributed by atoms with E-state index in [4.69, 9.17) is 28.9 Å². The van der Waals surface area contributed by atoms with Gasteiger partial charge in [0.2, 0.25) is 5.75 Å². The second-order valence-electron chi connectivity index (χ2n) is 8.96. The number of rotatable bonds is 14. The number of pyridine rings is 1. The number of methoxy groups -OCH3 is 3. The van der Waals surface area contributed by atoms with E-state index >= 15 is 0 Å². The predicted octanol–water partition coefficient (Wildman–Crippen LogP) is 6.05. The molecule has 2 N–H and O–H groups in total. The summed E-state index contributed by atoms with van der Waals surface area (Å²) in [5, 5.41) is 6.23. The predicted molar refractivity (Wildman–Crippen MR) is 168 cm³/mol. The van der Waals surface area contributed by atoms with Crippen molar-refractivity contribution in [3.8, 4) is 28.5 Å². The number of nitrogens with zero attached hydrogens (tertiary/aromatic N) is 4. The van der Waals surface area contributed by atoms with Crippen LogP contribution in [-0.2, 0) is 4.74 Å². The smallest absolute Gasteiger partial charge is 0.412 e. The number of benzene rings is 1. The summed E-state index contributed by atoms with van der Waals surface area (Å²) in [6.45, 7) is 11.6. The van der Waals surface area contributed by atoms with E-state index in [9.17, 15) is 4.79 Å². The van der Waals surface area contributed by atoms with Crippen LogP contribution in [0.5, 0.6) is 17.2 Å². The summed E-state index contributed by atoms with van der Waals surface area (Å²) in [7, 11) is 4.67. The lowest BCUT2D eigenvalue weighted by Crippen LogP contribution is -2.25. The molecule has 1 amide bonds. The Bertz CT molecular complexity index is 1240. The van der Waals surface area contributed by atoms with E-state index < -0.39 is 6.09 Å². The third kappa shape index (κ3) is 9.37. The monoisotopic (exact) mass is 612 g/mol. The molecule has 3 rings (SSSR count). The van der Waals surface area contributed by atoms with Crippen LogP contribution in [0, 0.1) is 0 Å². The molecule has 11 nitrogen and oxygen atoms in total. The van der Waals surface area contributed by atoms with Crippen molar-refractivity contribution in [1.82, 2.24) is 19.9 Å². The van der Waals surface area contributed by atoms with Crippen LogP contribution in [0.25, 0.3) is 22.4 Å². The Hall–Kier alpha value is -3.28. The van der Waals surface area contributed by atoms with Gasteiger partial charge < -0.3 is 29.2 Å². The Morgan fingerprint density at radius 2 is 1.63 bits per heavy atom. The van der Waals surface area contributed by atoms with Gasteiger partial charge in [-0.15, -0.1) is 24.8 Å². The Balaban J connectivity index is 0.00000420. The number of ether oxygens (including phenoxy) is 4. The largest absolute Gasteiger partial charge is 0.493 e. The first-order valence-electron chi connectivity index (χ1n) is 13.3. The summed E-state index contributed by atoms with van der Waals surface area (Å²) in [4.78, 5) is 28.6. The number of aromatic nitrogens is 3. The minimum Gasteiger partial charge on any atom is -0.493 e. The summed E-state index contributed by atoms with van der Waals surface area (Å²) in [6.07, 6.45) is 3.12. The molecule has 0 saturated heterocycles. The molecule has 1 atom stereocenters. The van der Waals surface area contributed by atoms with E-state index in [0.29, 0.717) is 45.5 Å². The van der Waals surface area contributed by atoms with Crippen LogP contribution in [0.3, 0.4) is 0 Å². The maximum Gasteiger partial charge on any atom is 0.412 e. The first-order valence-corrected chi connectivity index (χ1v) is 13.3. The summed E-state index contributed by atoms with van der Waals surface area (Å²) in [5.41, 5.74) is 2.96. The average Bonchev–Trinajstić information content (AvgIpc) is 2.94. The second-order valence-corrected chi connectivity index (χ2v) is 8.96. The molecule has 0 aliphatic rings. The normalized spacial score (nSPS) is 11.2. The molecule has 0 saturated carbocycles. The number of nitrogens with one attached hydrogen (secondary N) is 2. The SMILES string of the molecule is CCOC(=O)Nc1cc(NC(C)CCCN(CC)CC)c2ncc(-c3cc(OC)c(OC)c(OC)c3)nc2n1.Cl.Cl. The standard InChI is InChI=1S/C28H40N6O5.2ClH/c1-8-34(9-2)13-11-12-18(4)30-20-16-24(33-28(35)39-10-3)32-27-25(20)29-17-21(31-27)19-14-22(36-5)26(38-7)23(15-19)37-6;;/h14-18H,8-13H2,1-7H3,(H2,30,31,32,33,35);2*1H. The van der Waals surface area contributed by atoms with Gasteiger partial charge in [-0.1, -0.05) is 13.8 Å². The molecule has 1 unspecified atom stereocenters. The molecule has 0 spiro atoms. The number of fused-ring (bicyclic) bond motifs is 1.